The van der Waals surface area contributed by atoms with E-state index in [4.69, 9.17) is 0 Å². The van der Waals surface area contributed by atoms with E-state index < -0.39 is 0 Å². The maximum atomic E-state index is 2.39. The Kier molecular flexibility index (Phi) is 8.24. The molecule has 0 amide bonds. The van der Waals surface area contributed by atoms with Gasteiger partial charge in [0.05, 0.1) is 5.69 Å². The van der Waals surface area contributed by atoms with Crippen LogP contribution in [0.1, 0.15) is 0 Å². The molecule has 10 rings (SSSR count). The molecule has 0 unspecified atom stereocenters. The number of fused-ring (bicyclic) bond motifs is 5. The molecule has 10 aromatic rings. The molecule has 0 aliphatic rings. The quantitative estimate of drug-likeness (QED) is 0.150. The van der Waals surface area contributed by atoms with Gasteiger partial charge in [-0.25, -0.2) is 0 Å². The Balaban J connectivity index is 1.10. The minimum absolute atomic E-state index is 1.10. The van der Waals surface area contributed by atoms with Crippen molar-refractivity contribution >= 4 is 49.4 Å². The third kappa shape index (κ3) is 6.02. The summed E-state index contributed by atoms with van der Waals surface area (Å²) in [7, 11) is 0. The maximum Gasteiger partial charge on any atom is 0.0540 e. The van der Waals surface area contributed by atoms with Gasteiger partial charge in [0, 0.05) is 16.9 Å². The third-order valence-electron chi connectivity index (χ3n) is 10.9. The molecular formula is C54H37N. The standard InChI is InChI=1S/C54H37N/c1-3-13-38(14-4-1)40-23-25-43(26-24-40)48-19-11-12-22-54(48)55(45-32-27-41(28-33-45)39-15-5-2-6-16-39)46-34-29-44(30-35-46)52-37-53-47-18-8-7-17-42(47)31-36-51(53)49-20-9-10-21-50(49)52/h1-37H. The molecule has 0 N–H and O–H groups in total. The summed E-state index contributed by atoms with van der Waals surface area (Å²) in [6.07, 6.45) is 0. The summed E-state index contributed by atoms with van der Waals surface area (Å²) in [5.74, 6) is 0. The highest BCUT2D eigenvalue weighted by atomic mass is 15.1. The Morgan fingerprint density at radius 1 is 0.236 bits per heavy atom. The van der Waals surface area contributed by atoms with Crippen LogP contribution in [0.2, 0.25) is 0 Å². The zero-order valence-corrected chi connectivity index (χ0v) is 30.3. The van der Waals surface area contributed by atoms with Crippen LogP contribution in [0.4, 0.5) is 17.1 Å². The van der Waals surface area contributed by atoms with Gasteiger partial charge in [-0.2, -0.15) is 0 Å². The van der Waals surface area contributed by atoms with E-state index >= 15 is 0 Å². The van der Waals surface area contributed by atoms with Gasteiger partial charge < -0.3 is 4.90 Å². The van der Waals surface area contributed by atoms with Crippen LogP contribution in [0.5, 0.6) is 0 Å². The van der Waals surface area contributed by atoms with Gasteiger partial charge >= 0.3 is 0 Å². The second kappa shape index (κ2) is 14.0. The Morgan fingerprint density at radius 3 is 1.33 bits per heavy atom. The predicted octanol–water partition coefficient (Wildman–Crippen LogP) is 15.3. The van der Waals surface area contributed by atoms with Crippen molar-refractivity contribution in [2.24, 2.45) is 0 Å². The summed E-state index contributed by atoms with van der Waals surface area (Å²) < 4.78 is 0. The van der Waals surface area contributed by atoms with Crippen LogP contribution in [0, 0.1) is 0 Å². The van der Waals surface area contributed by atoms with Crippen LogP contribution < -0.4 is 4.90 Å². The Bertz CT molecular complexity index is 2930. The average molecular weight is 700 g/mol. The zero-order chi connectivity index (χ0) is 36.6. The topological polar surface area (TPSA) is 3.24 Å². The molecule has 0 bridgehead atoms. The van der Waals surface area contributed by atoms with Gasteiger partial charge in [0.25, 0.3) is 0 Å². The highest BCUT2D eigenvalue weighted by molar-refractivity contribution is 6.21. The minimum atomic E-state index is 1.10. The third-order valence-corrected chi connectivity index (χ3v) is 10.9. The predicted molar refractivity (Wildman–Crippen MR) is 235 cm³/mol. The lowest BCUT2D eigenvalue weighted by Gasteiger charge is -2.28. The van der Waals surface area contributed by atoms with Gasteiger partial charge in [-0.15, -0.1) is 0 Å². The summed E-state index contributed by atoms with van der Waals surface area (Å²) >= 11 is 0. The molecule has 1 heteroatoms. The van der Waals surface area contributed by atoms with Gasteiger partial charge in [0.1, 0.15) is 0 Å². The van der Waals surface area contributed by atoms with E-state index in [-0.39, 0.29) is 0 Å². The largest absolute Gasteiger partial charge is 0.310 e. The Labute approximate surface area is 322 Å². The summed E-state index contributed by atoms with van der Waals surface area (Å²) in [4.78, 5) is 2.39. The number of hydrogen-bond donors (Lipinski definition) is 0. The normalized spacial score (nSPS) is 11.3. The first kappa shape index (κ1) is 32.4. The van der Waals surface area contributed by atoms with E-state index in [1.807, 2.05) is 0 Å². The Morgan fingerprint density at radius 2 is 0.673 bits per heavy atom. The van der Waals surface area contributed by atoms with E-state index in [2.05, 4.69) is 229 Å². The summed E-state index contributed by atoms with van der Waals surface area (Å²) in [5, 5.41) is 7.64. The van der Waals surface area contributed by atoms with E-state index in [9.17, 15) is 0 Å². The fourth-order valence-electron chi connectivity index (χ4n) is 8.14. The first-order chi connectivity index (χ1) is 27.3. The first-order valence-corrected chi connectivity index (χ1v) is 18.9. The molecule has 0 spiro atoms. The molecule has 0 aromatic heterocycles. The number of rotatable bonds is 7. The van der Waals surface area contributed by atoms with Crippen LogP contribution in [0.15, 0.2) is 224 Å². The van der Waals surface area contributed by atoms with Crippen molar-refractivity contribution in [3.05, 3.63) is 224 Å². The first-order valence-electron chi connectivity index (χ1n) is 18.9. The summed E-state index contributed by atoms with van der Waals surface area (Å²) in [5.41, 5.74) is 12.9. The number of nitrogens with zero attached hydrogens (tertiary/aromatic N) is 1. The fourth-order valence-corrected chi connectivity index (χ4v) is 8.14. The van der Waals surface area contributed by atoms with Crippen LogP contribution in [-0.4, -0.2) is 0 Å². The van der Waals surface area contributed by atoms with Gasteiger partial charge in [0.2, 0.25) is 0 Å². The summed E-state index contributed by atoms with van der Waals surface area (Å²) in [6.45, 7) is 0. The van der Waals surface area contributed by atoms with Crippen molar-refractivity contribution in [3.8, 4) is 44.5 Å². The van der Waals surface area contributed by atoms with Crippen molar-refractivity contribution in [1.82, 2.24) is 0 Å². The fraction of sp³-hybridized carbons (Fsp3) is 0. The molecule has 0 radical (unpaired) electrons. The summed E-state index contributed by atoms with van der Waals surface area (Å²) in [6, 6.07) is 81.4. The van der Waals surface area contributed by atoms with Crippen molar-refractivity contribution in [3.63, 3.8) is 0 Å². The molecule has 0 aliphatic heterocycles. The molecular weight excluding hydrogens is 663 g/mol. The number of benzene rings is 10. The van der Waals surface area contributed by atoms with Gasteiger partial charge in [-0.3, -0.25) is 0 Å². The van der Waals surface area contributed by atoms with Crippen LogP contribution >= 0.6 is 0 Å². The van der Waals surface area contributed by atoms with E-state index in [1.54, 1.807) is 0 Å². The van der Waals surface area contributed by atoms with Gasteiger partial charge in [-0.05, 0) is 108 Å². The van der Waals surface area contributed by atoms with Crippen molar-refractivity contribution in [2.75, 3.05) is 4.90 Å². The lowest BCUT2D eigenvalue weighted by molar-refractivity contribution is 1.28. The van der Waals surface area contributed by atoms with E-state index in [0.717, 1.165) is 17.1 Å². The number of hydrogen-bond acceptors (Lipinski definition) is 1. The molecule has 1 nitrogen and oxygen atoms in total. The molecule has 10 aromatic carbocycles. The van der Waals surface area contributed by atoms with Crippen LogP contribution in [-0.2, 0) is 0 Å². The van der Waals surface area contributed by atoms with Crippen LogP contribution in [0.25, 0.3) is 76.8 Å². The second-order valence-electron chi connectivity index (χ2n) is 14.1. The highest BCUT2D eigenvalue weighted by Gasteiger charge is 2.18. The number of para-hydroxylation sites is 1. The van der Waals surface area contributed by atoms with Gasteiger partial charge in [-0.1, -0.05) is 188 Å². The molecule has 0 heterocycles. The van der Waals surface area contributed by atoms with E-state index in [1.165, 1.54) is 76.8 Å². The van der Waals surface area contributed by atoms with Crippen molar-refractivity contribution in [1.29, 1.82) is 0 Å². The van der Waals surface area contributed by atoms with Gasteiger partial charge in [0.15, 0.2) is 0 Å². The highest BCUT2D eigenvalue weighted by Crippen LogP contribution is 2.43. The lowest BCUT2D eigenvalue weighted by atomic mass is 9.91. The minimum Gasteiger partial charge on any atom is -0.310 e. The second-order valence-corrected chi connectivity index (χ2v) is 14.1. The average Bonchev–Trinajstić information content (AvgIpc) is 3.27. The molecule has 55 heavy (non-hydrogen) atoms. The maximum absolute atomic E-state index is 2.39. The monoisotopic (exact) mass is 699 g/mol. The number of anilines is 3. The molecule has 0 atom stereocenters. The van der Waals surface area contributed by atoms with E-state index in [0.29, 0.717) is 0 Å². The van der Waals surface area contributed by atoms with Crippen LogP contribution in [0.3, 0.4) is 0 Å². The smallest absolute Gasteiger partial charge is 0.0540 e. The molecule has 0 saturated carbocycles. The molecule has 258 valence electrons. The van der Waals surface area contributed by atoms with Crippen molar-refractivity contribution in [2.45, 2.75) is 0 Å². The van der Waals surface area contributed by atoms with Crippen molar-refractivity contribution < 1.29 is 0 Å². The lowest BCUT2D eigenvalue weighted by Crippen LogP contribution is -2.11. The zero-order valence-electron chi connectivity index (χ0n) is 30.3. The Hall–Kier alpha value is -7.22. The molecule has 0 aliphatic carbocycles. The molecule has 0 saturated heterocycles. The SMILES string of the molecule is c1ccc(-c2ccc(-c3ccccc3N(c3ccc(-c4ccccc4)cc3)c3ccc(-c4cc5c6ccccc6ccc5c5ccccc45)cc3)cc2)cc1. The molecule has 0 fully saturated rings.